The van der Waals surface area contributed by atoms with E-state index in [2.05, 4.69) is 47.0 Å². The van der Waals surface area contributed by atoms with Crippen molar-refractivity contribution in [2.24, 2.45) is 4.99 Å². The largest absolute Gasteiger partial charge is 0.484 e. The molecule has 0 aliphatic heterocycles. The first-order valence-electron chi connectivity index (χ1n) is 10.7. The molecule has 1 aliphatic carbocycles. The van der Waals surface area contributed by atoms with E-state index in [1.165, 1.54) is 10.4 Å². The van der Waals surface area contributed by atoms with E-state index in [1.807, 2.05) is 24.3 Å². The summed E-state index contributed by atoms with van der Waals surface area (Å²) in [6.45, 7) is 4.67. The van der Waals surface area contributed by atoms with Crippen molar-refractivity contribution >= 4 is 47.2 Å². The maximum Gasteiger partial charge on any atom is 0.258 e. The van der Waals surface area contributed by atoms with Crippen LogP contribution in [0.15, 0.2) is 46.8 Å². The van der Waals surface area contributed by atoms with E-state index in [4.69, 9.17) is 9.73 Å². The zero-order valence-corrected chi connectivity index (χ0v) is 21.4. The number of guanidine groups is 1. The van der Waals surface area contributed by atoms with Gasteiger partial charge in [0.15, 0.2) is 12.6 Å². The van der Waals surface area contributed by atoms with Gasteiger partial charge in [-0.15, -0.1) is 35.3 Å². The summed E-state index contributed by atoms with van der Waals surface area (Å²) >= 11 is 1.80. The van der Waals surface area contributed by atoms with E-state index >= 15 is 0 Å². The number of amides is 1. The van der Waals surface area contributed by atoms with Crippen molar-refractivity contribution in [2.75, 3.05) is 33.3 Å². The molecule has 2 N–H and O–H groups in total. The first-order valence-corrected chi connectivity index (χ1v) is 11.5. The number of hydrogen-bond donors (Lipinski definition) is 2. The lowest BCUT2D eigenvalue weighted by Gasteiger charge is -2.21. The SMILES string of the molecule is CCNC(=NCCc1ccc(OCC(=O)NC2CC2)cc1)N(C)CCc1cccs1.I. The zero-order valence-electron chi connectivity index (χ0n) is 18.3. The topological polar surface area (TPSA) is 66.0 Å². The molecule has 1 aliphatic rings. The van der Waals surface area contributed by atoms with Gasteiger partial charge in [-0.25, -0.2) is 0 Å². The molecule has 31 heavy (non-hydrogen) atoms. The van der Waals surface area contributed by atoms with Gasteiger partial charge >= 0.3 is 0 Å². The Labute approximate surface area is 206 Å². The summed E-state index contributed by atoms with van der Waals surface area (Å²) in [7, 11) is 2.08. The summed E-state index contributed by atoms with van der Waals surface area (Å²) in [6.07, 6.45) is 4.06. The van der Waals surface area contributed by atoms with Gasteiger partial charge in [0.05, 0.1) is 0 Å². The Morgan fingerprint density at radius 3 is 2.65 bits per heavy atom. The smallest absolute Gasteiger partial charge is 0.258 e. The number of likely N-dealkylation sites (N-methyl/N-ethyl adjacent to an activating group) is 1. The van der Waals surface area contributed by atoms with Gasteiger partial charge in [-0.05, 0) is 61.7 Å². The second-order valence-electron chi connectivity index (χ2n) is 7.51. The third-order valence-electron chi connectivity index (χ3n) is 4.87. The van der Waals surface area contributed by atoms with Crippen LogP contribution in [0.5, 0.6) is 5.75 Å². The molecule has 1 fully saturated rings. The van der Waals surface area contributed by atoms with E-state index < -0.39 is 0 Å². The van der Waals surface area contributed by atoms with Crippen LogP contribution >= 0.6 is 35.3 Å². The molecule has 0 spiro atoms. The number of nitrogens with one attached hydrogen (secondary N) is 2. The Bertz CT molecular complexity index is 807. The predicted molar refractivity (Wildman–Crippen MR) is 139 cm³/mol. The van der Waals surface area contributed by atoms with Crippen molar-refractivity contribution in [3.05, 3.63) is 52.2 Å². The number of halogens is 1. The number of carbonyl (C=O) groups is 1. The number of benzene rings is 1. The summed E-state index contributed by atoms with van der Waals surface area (Å²) in [5.41, 5.74) is 1.20. The van der Waals surface area contributed by atoms with Gasteiger partial charge in [-0.3, -0.25) is 9.79 Å². The van der Waals surface area contributed by atoms with Crippen LogP contribution in [0, 0.1) is 0 Å². The minimum Gasteiger partial charge on any atom is -0.484 e. The summed E-state index contributed by atoms with van der Waals surface area (Å²) in [5.74, 6) is 1.61. The van der Waals surface area contributed by atoms with Crippen molar-refractivity contribution in [1.29, 1.82) is 0 Å². The average Bonchev–Trinajstić information content (AvgIpc) is 3.40. The number of ether oxygens (including phenoxy) is 1. The molecule has 0 bridgehead atoms. The summed E-state index contributed by atoms with van der Waals surface area (Å²) in [5, 5.41) is 8.42. The molecule has 0 radical (unpaired) electrons. The summed E-state index contributed by atoms with van der Waals surface area (Å²) < 4.78 is 5.56. The molecule has 6 nitrogen and oxygen atoms in total. The van der Waals surface area contributed by atoms with Gasteiger partial charge in [0.1, 0.15) is 5.75 Å². The lowest BCUT2D eigenvalue weighted by atomic mass is 10.1. The normalized spacial score (nSPS) is 13.3. The monoisotopic (exact) mass is 556 g/mol. The number of hydrogen-bond acceptors (Lipinski definition) is 4. The third-order valence-corrected chi connectivity index (χ3v) is 5.80. The Kier molecular flexibility index (Phi) is 11.1. The molecule has 1 heterocycles. The minimum absolute atomic E-state index is 0. The van der Waals surface area contributed by atoms with Gasteiger partial charge < -0.3 is 20.3 Å². The van der Waals surface area contributed by atoms with Crippen molar-refractivity contribution < 1.29 is 9.53 Å². The molecule has 3 rings (SSSR count). The fraction of sp³-hybridized carbons (Fsp3) is 0.478. The van der Waals surface area contributed by atoms with E-state index in [0.717, 1.165) is 57.0 Å². The molecule has 1 aromatic carbocycles. The maximum absolute atomic E-state index is 11.7. The standard InChI is InChI=1S/C23H32N4O2S.HI/c1-3-24-23(27(2)15-13-21-5-4-16-30-21)25-14-12-18-6-10-20(11-7-18)29-17-22(28)26-19-8-9-19;/h4-7,10-11,16,19H,3,8-9,12-15,17H2,1-2H3,(H,24,25)(H,26,28);1H. The highest BCUT2D eigenvalue weighted by molar-refractivity contribution is 14.0. The fourth-order valence-electron chi connectivity index (χ4n) is 3.00. The molecule has 2 aromatic rings. The number of nitrogens with zero attached hydrogens (tertiary/aromatic N) is 2. The van der Waals surface area contributed by atoms with Crippen molar-refractivity contribution in [3.8, 4) is 5.75 Å². The van der Waals surface area contributed by atoms with Crippen molar-refractivity contribution in [2.45, 2.75) is 38.6 Å². The number of aliphatic imine (C=N–C) groups is 1. The Hall–Kier alpha value is -1.81. The predicted octanol–water partition coefficient (Wildman–Crippen LogP) is 3.71. The average molecular weight is 557 g/mol. The molecule has 1 amide bonds. The Morgan fingerprint density at radius 2 is 2.00 bits per heavy atom. The minimum atomic E-state index is -0.0462. The van der Waals surface area contributed by atoms with Crippen LogP contribution in [0.3, 0.4) is 0 Å². The molecule has 1 saturated carbocycles. The van der Waals surface area contributed by atoms with Crippen LogP contribution in [0.25, 0.3) is 0 Å². The van der Waals surface area contributed by atoms with Gasteiger partial charge in [-0.2, -0.15) is 0 Å². The molecule has 0 atom stereocenters. The molecule has 1 aromatic heterocycles. The van der Waals surface area contributed by atoms with Gasteiger partial charge in [0.25, 0.3) is 5.91 Å². The second kappa shape index (κ2) is 13.6. The van der Waals surface area contributed by atoms with Gasteiger partial charge in [0.2, 0.25) is 0 Å². The number of thiophene rings is 1. The lowest BCUT2D eigenvalue weighted by molar-refractivity contribution is -0.123. The fourth-order valence-corrected chi connectivity index (χ4v) is 3.70. The number of rotatable bonds is 11. The van der Waals surface area contributed by atoms with Crippen molar-refractivity contribution in [1.82, 2.24) is 15.5 Å². The Morgan fingerprint density at radius 1 is 1.23 bits per heavy atom. The molecule has 0 saturated heterocycles. The maximum atomic E-state index is 11.7. The summed E-state index contributed by atoms with van der Waals surface area (Å²) in [4.78, 5) is 20.1. The van der Waals surface area contributed by atoms with E-state index in [0.29, 0.717) is 6.04 Å². The van der Waals surface area contributed by atoms with Crippen LogP contribution in [-0.4, -0.2) is 56.1 Å². The quantitative estimate of drug-likeness (QED) is 0.252. The molecular formula is C23H33IN4O2S. The molecule has 170 valence electrons. The van der Waals surface area contributed by atoms with E-state index in [-0.39, 0.29) is 36.5 Å². The second-order valence-corrected chi connectivity index (χ2v) is 8.54. The third kappa shape index (κ3) is 9.47. The highest BCUT2D eigenvalue weighted by Gasteiger charge is 2.23. The molecule has 8 heteroatoms. The first kappa shape index (κ1) is 25.5. The lowest BCUT2D eigenvalue weighted by Crippen LogP contribution is -2.40. The van der Waals surface area contributed by atoms with Gasteiger partial charge in [-0.1, -0.05) is 18.2 Å². The van der Waals surface area contributed by atoms with Crippen LogP contribution in [-0.2, 0) is 17.6 Å². The number of carbonyl (C=O) groups excluding carboxylic acids is 1. The highest BCUT2D eigenvalue weighted by atomic mass is 127. The van der Waals surface area contributed by atoms with Crippen LogP contribution < -0.4 is 15.4 Å². The Balaban J connectivity index is 0.00000341. The van der Waals surface area contributed by atoms with Crippen molar-refractivity contribution in [3.63, 3.8) is 0 Å². The molecule has 0 unspecified atom stereocenters. The molecular weight excluding hydrogens is 523 g/mol. The van der Waals surface area contributed by atoms with Gasteiger partial charge in [0, 0.05) is 37.6 Å². The zero-order chi connectivity index (χ0) is 21.2. The summed E-state index contributed by atoms with van der Waals surface area (Å²) in [6, 6.07) is 12.6. The van der Waals surface area contributed by atoms with E-state index in [9.17, 15) is 4.79 Å². The van der Waals surface area contributed by atoms with Crippen LogP contribution in [0.2, 0.25) is 0 Å². The first-order chi connectivity index (χ1) is 14.6. The van der Waals surface area contributed by atoms with E-state index in [1.54, 1.807) is 11.3 Å². The highest BCUT2D eigenvalue weighted by Crippen LogP contribution is 2.18. The van der Waals surface area contributed by atoms with Crippen LogP contribution in [0.1, 0.15) is 30.2 Å². The van der Waals surface area contributed by atoms with Crippen LogP contribution in [0.4, 0.5) is 0 Å².